The Morgan fingerprint density at radius 3 is 2.75 bits per heavy atom. The second-order valence-electron chi connectivity index (χ2n) is 6.23. The fourth-order valence-corrected chi connectivity index (χ4v) is 3.56. The van der Waals surface area contributed by atoms with Crippen LogP contribution in [0, 0.1) is 17.8 Å². The average Bonchev–Trinajstić information content (AvgIpc) is 3.01. The van der Waals surface area contributed by atoms with Crippen LogP contribution in [0.25, 0.3) is 0 Å². The molecular formula is C17H22ClNO. The first kappa shape index (κ1) is 13.8. The minimum Gasteiger partial charge on any atom is -0.489 e. The van der Waals surface area contributed by atoms with Gasteiger partial charge in [0.1, 0.15) is 5.75 Å². The van der Waals surface area contributed by atoms with E-state index in [9.17, 15) is 0 Å². The topological polar surface area (TPSA) is 21.3 Å². The minimum absolute atomic E-state index is 0.145. The fraction of sp³-hybridized carbons (Fsp3) is 0.529. The summed E-state index contributed by atoms with van der Waals surface area (Å²) < 4.78 is 5.65. The molecule has 108 valence electrons. The van der Waals surface area contributed by atoms with Crippen molar-refractivity contribution in [2.45, 2.75) is 32.8 Å². The second-order valence-corrected chi connectivity index (χ2v) is 6.64. The van der Waals surface area contributed by atoms with Crippen molar-refractivity contribution in [3.63, 3.8) is 0 Å². The zero-order valence-corrected chi connectivity index (χ0v) is 12.9. The number of ether oxygens (including phenoxy) is 1. The Balaban J connectivity index is 1.58. The highest BCUT2D eigenvalue weighted by Crippen LogP contribution is 2.43. The number of halogens is 1. The van der Waals surface area contributed by atoms with E-state index in [1.807, 2.05) is 32.0 Å². The number of allylic oxidation sites excluding steroid dienone is 2. The predicted octanol–water partition coefficient (Wildman–Crippen LogP) is 4.75. The van der Waals surface area contributed by atoms with Gasteiger partial charge in [0.15, 0.2) is 0 Å². The molecule has 0 amide bonds. The maximum atomic E-state index is 6.26. The van der Waals surface area contributed by atoms with Gasteiger partial charge in [-0.15, -0.1) is 0 Å². The number of fused-ring (bicyclic) bond motifs is 2. The maximum Gasteiger partial charge on any atom is 0.138 e. The van der Waals surface area contributed by atoms with Gasteiger partial charge in [-0.1, -0.05) is 23.8 Å². The Labute approximate surface area is 126 Å². The van der Waals surface area contributed by atoms with Crippen molar-refractivity contribution in [3.8, 4) is 5.75 Å². The summed E-state index contributed by atoms with van der Waals surface area (Å²) in [4.78, 5) is 0. The highest BCUT2D eigenvalue weighted by molar-refractivity contribution is 6.32. The summed E-state index contributed by atoms with van der Waals surface area (Å²) in [6, 6.07) is 5.96. The van der Waals surface area contributed by atoms with Gasteiger partial charge in [-0.2, -0.15) is 0 Å². The second kappa shape index (κ2) is 5.69. The lowest BCUT2D eigenvalue weighted by Crippen LogP contribution is -2.18. The molecule has 2 aliphatic carbocycles. The van der Waals surface area contributed by atoms with Crippen molar-refractivity contribution in [1.29, 1.82) is 0 Å². The summed E-state index contributed by atoms with van der Waals surface area (Å²) in [7, 11) is 0. The minimum atomic E-state index is 0.145. The molecule has 1 saturated carbocycles. The molecule has 3 unspecified atom stereocenters. The van der Waals surface area contributed by atoms with Crippen LogP contribution in [0.2, 0.25) is 5.02 Å². The van der Waals surface area contributed by atoms with E-state index in [1.54, 1.807) is 0 Å². The molecule has 0 saturated heterocycles. The highest BCUT2D eigenvalue weighted by atomic mass is 35.5. The number of rotatable bonds is 5. The van der Waals surface area contributed by atoms with Crippen molar-refractivity contribution < 1.29 is 4.74 Å². The summed E-state index contributed by atoms with van der Waals surface area (Å²) in [5, 5.41) is 4.20. The van der Waals surface area contributed by atoms with Crippen molar-refractivity contribution in [1.82, 2.24) is 0 Å². The van der Waals surface area contributed by atoms with Gasteiger partial charge in [0, 0.05) is 12.2 Å². The summed E-state index contributed by atoms with van der Waals surface area (Å²) >= 11 is 6.26. The van der Waals surface area contributed by atoms with Crippen LogP contribution in [-0.2, 0) is 0 Å². The van der Waals surface area contributed by atoms with E-state index in [-0.39, 0.29) is 6.10 Å². The summed E-state index contributed by atoms with van der Waals surface area (Å²) in [5.74, 6) is 3.15. The van der Waals surface area contributed by atoms with Crippen molar-refractivity contribution >= 4 is 17.3 Å². The van der Waals surface area contributed by atoms with Gasteiger partial charge in [-0.25, -0.2) is 0 Å². The van der Waals surface area contributed by atoms with Crippen LogP contribution in [0.5, 0.6) is 5.75 Å². The SMILES string of the molecule is CC(C)Oc1ccc(NCC2CC3C=CC2C3)cc1Cl. The molecule has 1 fully saturated rings. The molecule has 3 rings (SSSR count). The molecular weight excluding hydrogens is 270 g/mol. The number of hydrogen-bond donors (Lipinski definition) is 1. The molecule has 1 aromatic rings. The van der Waals surface area contributed by atoms with Gasteiger partial charge in [0.05, 0.1) is 11.1 Å². The van der Waals surface area contributed by atoms with E-state index in [4.69, 9.17) is 16.3 Å². The third-order valence-corrected chi connectivity index (χ3v) is 4.57. The van der Waals surface area contributed by atoms with Gasteiger partial charge >= 0.3 is 0 Å². The summed E-state index contributed by atoms with van der Waals surface area (Å²) in [5.41, 5.74) is 1.08. The molecule has 0 aliphatic heterocycles. The Hall–Kier alpha value is -1.15. The van der Waals surface area contributed by atoms with Gasteiger partial charge in [-0.3, -0.25) is 0 Å². The molecule has 3 heteroatoms. The monoisotopic (exact) mass is 291 g/mol. The third-order valence-electron chi connectivity index (χ3n) is 4.28. The molecule has 2 bridgehead atoms. The number of hydrogen-bond acceptors (Lipinski definition) is 2. The molecule has 3 atom stereocenters. The molecule has 1 aromatic carbocycles. The standard InChI is InChI=1S/C17H22ClNO/c1-11(2)20-17-6-5-15(9-16(17)18)19-10-14-8-12-3-4-13(14)7-12/h3-6,9,11-14,19H,7-8,10H2,1-2H3. The molecule has 2 aliphatic rings. The molecule has 1 N–H and O–H groups in total. The first-order chi connectivity index (χ1) is 9.61. The molecule has 0 spiro atoms. The van der Waals surface area contributed by atoms with E-state index in [0.717, 1.165) is 35.7 Å². The van der Waals surface area contributed by atoms with Crippen LogP contribution in [-0.4, -0.2) is 12.6 Å². The largest absolute Gasteiger partial charge is 0.489 e. The molecule has 0 heterocycles. The van der Waals surface area contributed by atoms with Crippen LogP contribution < -0.4 is 10.1 Å². The zero-order valence-electron chi connectivity index (χ0n) is 12.1. The van der Waals surface area contributed by atoms with Gasteiger partial charge in [-0.05, 0) is 62.6 Å². The molecule has 0 radical (unpaired) electrons. The highest BCUT2D eigenvalue weighted by Gasteiger charge is 2.35. The number of benzene rings is 1. The summed E-state index contributed by atoms with van der Waals surface area (Å²) in [6.07, 6.45) is 7.61. The van der Waals surface area contributed by atoms with E-state index in [1.165, 1.54) is 12.8 Å². The Morgan fingerprint density at radius 2 is 2.15 bits per heavy atom. The first-order valence-corrected chi connectivity index (χ1v) is 7.88. The quantitative estimate of drug-likeness (QED) is 0.790. The van der Waals surface area contributed by atoms with Crippen LogP contribution in [0.4, 0.5) is 5.69 Å². The van der Waals surface area contributed by atoms with E-state index < -0.39 is 0 Å². The average molecular weight is 292 g/mol. The normalized spacial score (nSPS) is 27.3. The third kappa shape index (κ3) is 2.95. The van der Waals surface area contributed by atoms with Gasteiger partial charge < -0.3 is 10.1 Å². The zero-order chi connectivity index (χ0) is 14.1. The van der Waals surface area contributed by atoms with Crippen LogP contribution >= 0.6 is 11.6 Å². The Kier molecular flexibility index (Phi) is 3.93. The van der Waals surface area contributed by atoms with Crippen molar-refractivity contribution in [2.24, 2.45) is 17.8 Å². The lowest BCUT2D eigenvalue weighted by atomic mass is 9.93. The lowest BCUT2D eigenvalue weighted by Gasteiger charge is -2.19. The van der Waals surface area contributed by atoms with Crippen LogP contribution in [0.1, 0.15) is 26.7 Å². The van der Waals surface area contributed by atoms with Gasteiger partial charge in [0.25, 0.3) is 0 Å². The van der Waals surface area contributed by atoms with E-state index >= 15 is 0 Å². The number of nitrogens with one attached hydrogen (secondary N) is 1. The molecule has 2 nitrogen and oxygen atoms in total. The smallest absolute Gasteiger partial charge is 0.138 e. The van der Waals surface area contributed by atoms with Crippen molar-refractivity contribution in [3.05, 3.63) is 35.4 Å². The summed E-state index contributed by atoms with van der Waals surface area (Å²) in [6.45, 7) is 5.04. The van der Waals surface area contributed by atoms with E-state index in [0.29, 0.717) is 5.02 Å². The van der Waals surface area contributed by atoms with E-state index in [2.05, 4.69) is 17.5 Å². The predicted molar refractivity (Wildman–Crippen MR) is 84.5 cm³/mol. The van der Waals surface area contributed by atoms with Crippen molar-refractivity contribution in [2.75, 3.05) is 11.9 Å². The Bertz CT molecular complexity index is 512. The molecule has 20 heavy (non-hydrogen) atoms. The first-order valence-electron chi connectivity index (χ1n) is 7.50. The maximum absolute atomic E-state index is 6.26. The van der Waals surface area contributed by atoms with Crippen LogP contribution in [0.15, 0.2) is 30.4 Å². The lowest BCUT2D eigenvalue weighted by molar-refractivity contribution is 0.242. The molecule has 0 aromatic heterocycles. The van der Waals surface area contributed by atoms with Crippen LogP contribution in [0.3, 0.4) is 0 Å². The fourth-order valence-electron chi connectivity index (χ4n) is 3.34. The van der Waals surface area contributed by atoms with Gasteiger partial charge in [0.2, 0.25) is 0 Å². The number of anilines is 1. The Morgan fingerprint density at radius 1 is 1.30 bits per heavy atom.